The van der Waals surface area contributed by atoms with Gasteiger partial charge in [0.05, 0.1) is 6.20 Å². The Labute approximate surface area is 90.5 Å². The number of amides is 1. The second-order valence-electron chi connectivity index (χ2n) is 4.91. The van der Waals surface area contributed by atoms with E-state index >= 15 is 0 Å². The van der Waals surface area contributed by atoms with Gasteiger partial charge in [-0.15, -0.1) is 0 Å². The molecule has 2 N–H and O–H groups in total. The molecule has 84 valence electrons. The molecule has 0 atom stereocenters. The Kier molecular flexibility index (Phi) is 3.50. The number of anilines is 1. The highest BCUT2D eigenvalue weighted by Crippen LogP contribution is 2.26. The number of carbonyl (C=O) groups excluding carboxylic acids is 1. The smallest absolute Gasteiger partial charge is 0.231 e. The Bertz CT molecular complexity index is 315. The highest BCUT2D eigenvalue weighted by Gasteiger charge is 2.28. The summed E-state index contributed by atoms with van der Waals surface area (Å²) in [6.45, 7) is 8.15. The van der Waals surface area contributed by atoms with Crippen LogP contribution in [-0.4, -0.2) is 16.1 Å². The number of H-pyrrole nitrogens is 1. The average Bonchev–Trinajstić information content (AvgIpc) is 2.54. The first-order valence-electron chi connectivity index (χ1n) is 5.22. The zero-order chi connectivity index (χ0) is 11.5. The predicted octanol–water partition coefficient (Wildman–Crippen LogP) is 2.42. The van der Waals surface area contributed by atoms with Crippen LogP contribution < -0.4 is 5.32 Å². The number of aromatic amines is 1. The third kappa shape index (κ3) is 3.38. The molecular weight excluding hydrogens is 190 g/mol. The van der Waals surface area contributed by atoms with E-state index in [1.807, 2.05) is 13.8 Å². The molecule has 1 aromatic rings. The summed E-state index contributed by atoms with van der Waals surface area (Å²) in [7, 11) is 0. The van der Waals surface area contributed by atoms with E-state index < -0.39 is 0 Å². The van der Waals surface area contributed by atoms with Crippen molar-refractivity contribution in [1.29, 1.82) is 0 Å². The minimum Gasteiger partial charge on any atom is -0.311 e. The minimum atomic E-state index is -0.348. The summed E-state index contributed by atoms with van der Waals surface area (Å²) in [6.07, 6.45) is 2.48. The third-order valence-corrected chi connectivity index (χ3v) is 2.28. The van der Waals surface area contributed by atoms with Crippen molar-refractivity contribution >= 4 is 11.7 Å². The lowest BCUT2D eigenvalue weighted by Gasteiger charge is -2.24. The van der Waals surface area contributed by atoms with E-state index in [2.05, 4.69) is 29.4 Å². The molecule has 4 nitrogen and oxygen atoms in total. The first-order valence-corrected chi connectivity index (χ1v) is 5.22. The van der Waals surface area contributed by atoms with Crippen LogP contribution in [0.3, 0.4) is 0 Å². The van der Waals surface area contributed by atoms with E-state index in [9.17, 15) is 4.79 Å². The molecule has 0 bridgehead atoms. The SMILES string of the molecule is CC(C)CC(C)(C)C(=O)Nc1ccn[nH]1. The highest BCUT2D eigenvalue weighted by atomic mass is 16.2. The van der Waals surface area contributed by atoms with Crippen molar-refractivity contribution in [3.8, 4) is 0 Å². The zero-order valence-corrected chi connectivity index (χ0v) is 9.79. The van der Waals surface area contributed by atoms with Gasteiger partial charge in [-0.05, 0) is 12.3 Å². The summed E-state index contributed by atoms with van der Waals surface area (Å²) in [5.41, 5.74) is -0.348. The zero-order valence-electron chi connectivity index (χ0n) is 9.79. The number of aromatic nitrogens is 2. The second-order valence-corrected chi connectivity index (χ2v) is 4.91. The molecule has 0 spiro atoms. The predicted molar refractivity (Wildman–Crippen MR) is 60.5 cm³/mol. The minimum absolute atomic E-state index is 0.0282. The van der Waals surface area contributed by atoms with Crippen molar-refractivity contribution in [2.45, 2.75) is 34.1 Å². The molecule has 1 aromatic heterocycles. The summed E-state index contributed by atoms with van der Waals surface area (Å²) in [5.74, 6) is 1.18. The van der Waals surface area contributed by atoms with Crippen LogP contribution in [0.15, 0.2) is 12.3 Å². The van der Waals surface area contributed by atoms with Gasteiger partial charge in [-0.1, -0.05) is 27.7 Å². The van der Waals surface area contributed by atoms with Crippen LogP contribution in [0.1, 0.15) is 34.1 Å². The van der Waals surface area contributed by atoms with E-state index in [-0.39, 0.29) is 11.3 Å². The van der Waals surface area contributed by atoms with Crippen LogP contribution in [0.4, 0.5) is 5.82 Å². The average molecular weight is 209 g/mol. The van der Waals surface area contributed by atoms with Gasteiger partial charge in [-0.25, -0.2) is 0 Å². The van der Waals surface area contributed by atoms with E-state index in [0.717, 1.165) is 6.42 Å². The second kappa shape index (κ2) is 4.47. The fraction of sp³-hybridized carbons (Fsp3) is 0.636. The van der Waals surface area contributed by atoms with Crippen molar-refractivity contribution in [2.24, 2.45) is 11.3 Å². The summed E-state index contributed by atoms with van der Waals surface area (Å²) in [5, 5.41) is 9.30. The van der Waals surface area contributed by atoms with Crippen LogP contribution in [-0.2, 0) is 4.79 Å². The largest absolute Gasteiger partial charge is 0.311 e. The van der Waals surface area contributed by atoms with E-state index in [4.69, 9.17) is 0 Å². The number of nitrogens with zero attached hydrogens (tertiary/aromatic N) is 1. The molecule has 1 heterocycles. The van der Waals surface area contributed by atoms with Gasteiger partial charge in [0, 0.05) is 11.5 Å². The monoisotopic (exact) mass is 209 g/mol. The molecule has 0 aliphatic heterocycles. The molecule has 0 unspecified atom stereocenters. The lowest BCUT2D eigenvalue weighted by atomic mass is 9.83. The Morgan fingerprint density at radius 2 is 2.27 bits per heavy atom. The van der Waals surface area contributed by atoms with Crippen LogP contribution >= 0.6 is 0 Å². The maximum absolute atomic E-state index is 11.9. The first-order chi connectivity index (χ1) is 6.92. The molecular formula is C11H19N3O. The van der Waals surface area contributed by atoms with Gasteiger partial charge in [0.25, 0.3) is 0 Å². The standard InChI is InChI=1S/C11H19N3O/c1-8(2)7-11(3,4)10(15)13-9-5-6-12-14-9/h5-6,8H,7H2,1-4H3,(H2,12,13,14,15). The summed E-state index contributed by atoms with van der Waals surface area (Å²) < 4.78 is 0. The van der Waals surface area contributed by atoms with Gasteiger partial charge >= 0.3 is 0 Å². The molecule has 0 radical (unpaired) electrons. The maximum Gasteiger partial charge on any atom is 0.231 e. The fourth-order valence-corrected chi connectivity index (χ4v) is 1.73. The number of nitrogens with one attached hydrogen (secondary N) is 2. The molecule has 0 fully saturated rings. The van der Waals surface area contributed by atoms with Crippen molar-refractivity contribution in [3.05, 3.63) is 12.3 Å². The summed E-state index contributed by atoms with van der Waals surface area (Å²) >= 11 is 0. The van der Waals surface area contributed by atoms with E-state index in [1.54, 1.807) is 12.3 Å². The normalized spacial score (nSPS) is 11.8. The number of carbonyl (C=O) groups is 1. The van der Waals surface area contributed by atoms with Crippen LogP contribution in [0.2, 0.25) is 0 Å². The van der Waals surface area contributed by atoms with Crippen molar-refractivity contribution < 1.29 is 4.79 Å². The lowest BCUT2D eigenvalue weighted by molar-refractivity contribution is -0.124. The van der Waals surface area contributed by atoms with Crippen LogP contribution in [0.25, 0.3) is 0 Å². The van der Waals surface area contributed by atoms with Gasteiger partial charge in [0.1, 0.15) is 5.82 Å². The molecule has 1 amide bonds. The molecule has 4 heteroatoms. The lowest BCUT2D eigenvalue weighted by Crippen LogP contribution is -2.32. The summed E-state index contributed by atoms with van der Waals surface area (Å²) in [6, 6.07) is 1.74. The molecule has 0 aliphatic rings. The fourth-order valence-electron chi connectivity index (χ4n) is 1.73. The topological polar surface area (TPSA) is 57.8 Å². The number of hydrogen-bond donors (Lipinski definition) is 2. The Hall–Kier alpha value is -1.32. The van der Waals surface area contributed by atoms with Crippen molar-refractivity contribution in [3.63, 3.8) is 0 Å². The molecule has 1 rings (SSSR count). The molecule has 0 aromatic carbocycles. The number of hydrogen-bond acceptors (Lipinski definition) is 2. The van der Waals surface area contributed by atoms with Crippen LogP contribution in [0.5, 0.6) is 0 Å². The summed E-state index contributed by atoms with van der Waals surface area (Å²) in [4.78, 5) is 11.9. The maximum atomic E-state index is 11.9. The van der Waals surface area contributed by atoms with E-state index in [0.29, 0.717) is 11.7 Å². The first kappa shape index (κ1) is 11.8. The van der Waals surface area contributed by atoms with Crippen molar-refractivity contribution in [2.75, 3.05) is 5.32 Å². The third-order valence-electron chi connectivity index (χ3n) is 2.28. The molecule has 15 heavy (non-hydrogen) atoms. The van der Waals surface area contributed by atoms with Gasteiger partial charge in [-0.2, -0.15) is 5.10 Å². The molecule has 0 saturated heterocycles. The van der Waals surface area contributed by atoms with Gasteiger partial charge in [-0.3, -0.25) is 9.89 Å². The number of rotatable bonds is 4. The Balaban J connectivity index is 2.59. The molecule has 0 saturated carbocycles. The highest BCUT2D eigenvalue weighted by molar-refractivity contribution is 5.93. The van der Waals surface area contributed by atoms with Crippen LogP contribution in [0, 0.1) is 11.3 Å². The van der Waals surface area contributed by atoms with Crippen molar-refractivity contribution in [1.82, 2.24) is 10.2 Å². The quantitative estimate of drug-likeness (QED) is 0.800. The Morgan fingerprint density at radius 1 is 1.60 bits per heavy atom. The molecule has 0 aliphatic carbocycles. The van der Waals surface area contributed by atoms with Gasteiger partial charge < -0.3 is 5.32 Å². The van der Waals surface area contributed by atoms with E-state index in [1.165, 1.54) is 0 Å². The Morgan fingerprint density at radius 3 is 2.73 bits per heavy atom. The van der Waals surface area contributed by atoms with Gasteiger partial charge in [0.2, 0.25) is 5.91 Å². The van der Waals surface area contributed by atoms with Gasteiger partial charge in [0.15, 0.2) is 0 Å².